The number of para-hydroxylation sites is 1. The van der Waals surface area contributed by atoms with Gasteiger partial charge in [0, 0.05) is 16.1 Å². The second-order valence-corrected chi connectivity index (χ2v) is 6.65. The topological polar surface area (TPSA) is 72.2 Å². The van der Waals surface area contributed by atoms with Crippen LogP contribution in [0.3, 0.4) is 0 Å². The van der Waals surface area contributed by atoms with Gasteiger partial charge in [0.15, 0.2) is 5.65 Å². The number of benzene rings is 2. The molecule has 0 atom stereocenters. The van der Waals surface area contributed by atoms with Gasteiger partial charge in [-0.05, 0) is 30.3 Å². The molecule has 2 heterocycles. The van der Waals surface area contributed by atoms with Gasteiger partial charge in [0.2, 0.25) is 11.1 Å². The summed E-state index contributed by atoms with van der Waals surface area (Å²) >= 11 is 7.18. The Morgan fingerprint density at radius 2 is 2.08 bits per heavy atom. The quantitative estimate of drug-likeness (QED) is 0.556. The molecule has 2 aromatic heterocycles. The lowest BCUT2D eigenvalue weighted by molar-refractivity contribution is -0.113. The summed E-state index contributed by atoms with van der Waals surface area (Å²) in [5, 5.41) is 9.19. The van der Waals surface area contributed by atoms with Crippen LogP contribution in [0.2, 0.25) is 5.02 Å². The molecule has 8 heteroatoms. The maximum atomic E-state index is 12.1. The van der Waals surface area contributed by atoms with Crippen LogP contribution in [0.4, 0.5) is 5.69 Å². The monoisotopic (exact) mass is 369 g/mol. The number of anilines is 1. The van der Waals surface area contributed by atoms with Gasteiger partial charge in [0.1, 0.15) is 6.33 Å². The molecular formula is C17H12ClN5OS. The number of thioether (sulfide) groups is 1. The summed E-state index contributed by atoms with van der Waals surface area (Å²) in [5.41, 5.74) is 2.25. The lowest BCUT2D eigenvalue weighted by Crippen LogP contribution is -2.14. The summed E-state index contributed by atoms with van der Waals surface area (Å²) in [6.45, 7) is 0. The van der Waals surface area contributed by atoms with Crippen LogP contribution in [-0.2, 0) is 4.79 Å². The Bertz CT molecular complexity index is 1080. The minimum atomic E-state index is -0.144. The molecule has 1 N–H and O–H groups in total. The Balaban J connectivity index is 1.49. The number of rotatable bonds is 4. The lowest BCUT2D eigenvalue weighted by Gasteiger charge is -2.03. The Hall–Kier alpha value is -2.64. The van der Waals surface area contributed by atoms with Gasteiger partial charge in [0.05, 0.1) is 11.3 Å². The third-order valence-corrected chi connectivity index (χ3v) is 4.58. The summed E-state index contributed by atoms with van der Waals surface area (Å²) in [4.78, 5) is 20.9. The summed E-state index contributed by atoms with van der Waals surface area (Å²) in [7, 11) is 0. The zero-order valence-corrected chi connectivity index (χ0v) is 14.5. The van der Waals surface area contributed by atoms with E-state index in [4.69, 9.17) is 11.6 Å². The Kier molecular flexibility index (Phi) is 4.25. The normalized spacial score (nSPS) is 11.1. The van der Waals surface area contributed by atoms with Crippen molar-refractivity contribution in [1.82, 2.24) is 19.6 Å². The molecule has 2 aromatic carbocycles. The van der Waals surface area contributed by atoms with Gasteiger partial charge < -0.3 is 5.32 Å². The van der Waals surface area contributed by atoms with Crippen molar-refractivity contribution in [2.75, 3.05) is 11.1 Å². The summed E-state index contributed by atoms with van der Waals surface area (Å²) in [6.07, 6.45) is 1.63. The van der Waals surface area contributed by atoms with Crippen molar-refractivity contribution in [2.45, 2.75) is 5.16 Å². The van der Waals surface area contributed by atoms with Gasteiger partial charge in [0.25, 0.3) is 0 Å². The molecule has 0 aliphatic rings. The van der Waals surface area contributed by atoms with E-state index in [-0.39, 0.29) is 11.7 Å². The number of carbonyl (C=O) groups is 1. The number of nitrogens with zero attached hydrogens (tertiary/aromatic N) is 4. The highest BCUT2D eigenvalue weighted by molar-refractivity contribution is 7.99. The minimum absolute atomic E-state index is 0.144. The number of fused-ring (bicyclic) bond motifs is 3. The molecular weight excluding hydrogens is 358 g/mol. The predicted molar refractivity (Wildman–Crippen MR) is 99.1 cm³/mol. The molecule has 4 aromatic rings. The van der Waals surface area contributed by atoms with Crippen LogP contribution in [-0.4, -0.2) is 31.2 Å². The van der Waals surface area contributed by atoms with Crippen LogP contribution >= 0.6 is 23.4 Å². The average Bonchev–Trinajstić information content (AvgIpc) is 3.04. The second kappa shape index (κ2) is 6.70. The summed E-state index contributed by atoms with van der Waals surface area (Å²) < 4.78 is 1.62. The van der Waals surface area contributed by atoms with E-state index < -0.39 is 0 Å². The van der Waals surface area contributed by atoms with Gasteiger partial charge in [-0.2, -0.15) is 0 Å². The van der Waals surface area contributed by atoms with E-state index in [0.29, 0.717) is 15.9 Å². The first-order valence-corrected chi connectivity index (χ1v) is 8.84. The maximum Gasteiger partial charge on any atom is 0.234 e. The summed E-state index contributed by atoms with van der Waals surface area (Å²) in [6, 6.07) is 14.8. The standard InChI is InChI=1S/C17H12ClN5OS/c18-11-4-3-5-12(8-11)20-15(24)9-25-17-21-16-13-6-1-2-7-14(13)19-10-23(16)22-17/h1-8,10H,9H2,(H,20,24). The molecule has 0 saturated heterocycles. The van der Waals surface area contributed by atoms with Crippen molar-refractivity contribution in [2.24, 2.45) is 0 Å². The molecule has 0 radical (unpaired) electrons. The first-order valence-electron chi connectivity index (χ1n) is 7.47. The Morgan fingerprint density at radius 3 is 2.96 bits per heavy atom. The number of hydrogen-bond donors (Lipinski definition) is 1. The first kappa shape index (κ1) is 15.9. The molecule has 0 unspecified atom stereocenters. The molecule has 4 rings (SSSR count). The van der Waals surface area contributed by atoms with Gasteiger partial charge in [-0.1, -0.05) is 41.6 Å². The number of carbonyl (C=O) groups excluding carboxylic acids is 1. The smallest absolute Gasteiger partial charge is 0.234 e. The van der Waals surface area contributed by atoms with Crippen molar-refractivity contribution in [3.63, 3.8) is 0 Å². The highest BCUT2D eigenvalue weighted by Crippen LogP contribution is 2.21. The molecule has 25 heavy (non-hydrogen) atoms. The van der Waals surface area contributed by atoms with Crippen LogP contribution in [0.25, 0.3) is 16.6 Å². The third-order valence-electron chi connectivity index (χ3n) is 3.50. The molecule has 6 nitrogen and oxygen atoms in total. The zero-order chi connectivity index (χ0) is 17.2. The maximum absolute atomic E-state index is 12.1. The van der Waals surface area contributed by atoms with E-state index in [1.54, 1.807) is 35.1 Å². The lowest BCUT2D eigenvalue weighted by atomic mass is 10.2. The van der Waals surface area contributed by atoms with E-state index in [1.807, 2.05) is 24.3 Å². The van der Waals surface area contributed by atoms with E-state index in [9.17, 15) is 4.79 Å². The first-order chi connectivity index (χ1) is 12.2. The van der Waals surface area contributed by atoms with E-state index in [0.717, 1.165) is 16.6 Å². The van der Waals surface area contributed by atoms with Crippen LogP contribution in [0.5, 0.6) is 0 Å². The van der Waals surface area contributed by atoms with E-state index >= 15 is 0 Å². The third kappa shape index (κ3) is 3.42. The van der Waals surface area contributed by atoms with Crippen LogP contribution < -0.4 is 5.32 Å². The molecule has 124 valence electrons. The number of nitrogens with one attached hydrogen (secondary N) is 1. The number of amides is 1. The van der Waals surface area contributed by atoms with Gasteiger partial charge in [-0.3, -0.25) is 4.79 Å². The van der Waals surface area contributed by atoms with Crippen molar-refractivity contribution in [3.05, 3.63) is 59.9 Å². The average molecular weight is 370 g/mol. The van der Waals surface area contributed by atoms with Crippen LogP contribution in [0, 0.1) is 0 Å². The van der Waals surface area contributed by atoms with Crippen molar-refractivity contribution < 1.29 is 4.79 Å². The fourth-order valence-corrected chi connectivity index (χ4v) is 3.23. The predicted octanol–water partition coefficient (Wildman–Crippen LogP) is 3.66. The van der Waals surface area contributed by atoms with Gasteiger partial charge >= 0.3 is 0 Å². The number of aromatic nitrogens is 4. The second-order valence-electron chi connectivity index (χ2n) is 5.27. The van der Waals surface area contributed by atoms with Crippen molar-refractivity contribution >= 4 is 51.5 Å². The highest BCUT2D eigenvalue weighted by Gasteiger charge is 2.11. The van der Waals surface area contributed by atoms with Gasteiger partial charge in [-0.15, -0.1) is 5.10 Å². The van der Waals surface area contributed by atoms with Crippen molar-refractivity contribution in [3.8, 4) is 0 Å². The SMILES string of the molecule is O=C(CSc1nc2c3ccccc3ncn2n1)Nc1cccc(Cl)c1. The van der Waals surface area contributed by atoms with Crippen LogP contribution in [0.15, 0.2) is 60.0 Å². The fourth-order valence-electron chi connectivity index (χ4n) is 2.41. The molecule has 1 amide bonds. The van der Waals surface area contributed by atoms with Crippen molar-refractivity contribution in [1.29, 1.82) is 0 Å². The summed E-state index contributed by atoms with van der Waals surface area (Å²) in [5.74, 6) is 0.0588. The van der Waals surface area contributed by atoms with E-state index in [2.05, 4.69) is 20.4 Å². The Labute approximate surface area is 152 Å². The molecule has 0 aliphatic heterocycles. The zero-order valence-electron chi connectivity index (χ0n) is 12.9. The molecule has 0 aliphatic carbocycles. The number of hydrogen-bond acceptors (Lipinski definition) is 5. The fraction of sp³-hybridized carbons (Fsp3) is 0.0588. The molecule has 0 saturated carbocycles. The molecule has 0 bridgehead atoms. The van der Waals surface area contributed by atoms with E-state index in [1.165, 1.54) is 11.8 Å². The number of halogens is 1. The minimum Gasteiger partial charge on any atom is -0.325 e. The molecule has 0 fully saturated rings. The van der Waals surface area contributed by atoms with Crippen LogP contribution in [0.1, 0.15) is 0 Å². The van der Waals surface area contributed by atoms with Gasteiger partial charge in [-0.25, -0.2) is 14.5 Å². The Morgan fingerprint density at radius 1 is 1.20 bits per heavy atom. The highest BCUT2D eigenvalue weighted by atomic mass is 35.5. The largest absolute Gasteiger partial charge is 0.325 e. The molecule has 0 spiro atoms.